The lowest BCUT2D eigenvalue weighted by Gasteiger charge is -2.07. The second-order valence-corrected chi connectivity index (χ2v) is 2.90. The standard InChI is InChI=1S/C11H12O3.CH4/c1-3-6-14-10-5-4-8(2)7-9(10)11(12)13;/h3-5,7H,1,6H2,2H3,(H,12,13);1H4. The third-order valence-electron chi connectivity index (χ3n) is 1.72. The largest absolute Gasteiger partial charge is 0.489 e. The van der Waals surface area contributed by atoms with Gasteiger partial charge in [0.05, 0.1) is 0 Å². The first kappa shape index (κ1) is 13.2. The van der Waals surface area contributed by atoms with Crippen molar-refractivity contribution in [3.8, 4) is 5.75 Å². The summed E-state index contributed by atoms with van der Waals surface area (Å²) >= 11 is 0. The molecule has 1 aromatic rings. The van der Waals surface area contributed by atoms with Crippen molar-refractivity contribution in [2.24, 2.45) is 0 Å². The molecule has 1 rings (SSSR count). The van der Waals surface area contributed by atoms with E-state index in [0.29, 0.717) is 12.4 Å². The zero-order chi connectivity index (χ0) is 10.6. The van der Waals surface area contributed by atoms with Crippen LogP contribution in [0, 0.1) is 6.92 Å². The Balaban J connectivity index is 0.00000196. The van der Waals surface area contributed by atoms with Crippen LogP contribution < -0.4 is 4.74 Å². The molecule has 3 heteroatoms. The van der Waals surface area contributed by atoms with Gasteiger partial charge in [-0.25, -0.2) is 4.79 Å². The normalized spacial score (nSPS) is 8.87. The second kappa shape index (κ2) is 5.86. The quantitative estimate of drug-likeness (QED) is 0.774. The highest BCUT2D eigenvalue weighted by atomic mass is 16.5. The fourth-order valence-corrected chi connectivity index (χ4v) is 1.09. The lowest BCUT2D eigenvalue weighted by atomic mass is 10.1. The van der Waals surface area contributed by atoms with Crippen LogP contribution in [0.15, 0.2) is 30.9 Å². The highest BCUT2D eigenvalue weighted by Crippen LogP contribution is 2.19. The Kier molecular flexibility index (Phi) is 5.16. The molecule has 0 fully saturated rings. The monoisotopic (exact) mass is 208 g/mol. The number of ether oxygens (including phenoxy) is 1. The molecule has 3 nitrogen and oxygen atoms in total. The van der Waals surface area contributed by atoms with Crippen molar-refractivity contribution in [2.45, 2.75) is 14.4 Å². The summed E-state index contributed by atoms with van der Waals surface area (Å²) in [5.74, 6) is -0.601. The van der Waals surface area contributed by atoms with Crippen molar-refractivity contribution in [3.05, 3.63) is 42.0 Å². The molecule has 0 aromatic heterocycles. The van der Waals surface area contributed by atoms with Crippen LogP contribution in [0.4, 0.5) is 0 Å². The summed E-state index contributed by atoms with van der Waals surface area (Å²) in [5, 5.41) is 8.88. The molecule has 15 heavy (non-hydrogen) atoms. The molecule has 1 N–H and O–H groups in total. The molecule has 0 atom stereocenters. The number of carboxylic acid groups (broad SMARTS) is 1. The molecule has 0 bridgehead atoms. The van der Waals surface area contributed by atoms with Crippen LogP contribution in [-0.2, 0) is 0 Å². The number of aryl methyl sites for hydroxylation is 1. The van der Waals surface area contributed by atoms with Gasteiger partial charge in [-0.05, 0) is 19.1 Å². The Hall–Kier alpha value is -1.77. The number of hydrogen-bond donors (Lipinski definition) is 1. The van der Waals surface area contributed by atoms with Gasteiger partial charge in [-0.2, -0.15) is 0 Å². The SMILES string of the molecule is C.C=CCOc1ccc(C)cc1C(=O)O. The van der Waals surface area contributed by atoms with Gasteiger partial charge in [-0.3, -0.25) is 0 Å². The molecule has 0 aliphatic rings. The predicted molar refractivity (Wildman–Crippen MR) is 60.6 cm³/mol. The van der Waals surface area contributed by atoms with Gasteiger partial charge in [0.15, 0.2) is 0 Å². The maximum atomic E-state index is 10.8. The van der Waals surface area contributed by atoms with Gasteiger partial charge in [-0.1, -0.05) is 31.7 Å². The Labute approximate surface area is 90.0 Å². The van der Waals surface area contributed by atoms with Crippen molar-refractivity contribution >= 4 is 5.97 Å². The Morgan fingerprint density at radius 1 is 1.60 bits per heavy atom. The molecule has 0 aliphatic carbocycles. The molecule has 0 saturated heterocycles. The van der Waals surface area contributed by atoms with Gasteiger partial charge < -0.3 is 9.84 Å². The molecule has 0 spiro atoms. The van der Waals surface area contributed by atoms with Crippen molar-refractivity contribution < 1.29 is 14.6 Å². The summed E-state index contributed by atoms with van der Waals surface area (Å²) in [6, 6.07) is 5.05. The van der Waals surface area contributed by atoms with Gasteiger partial charge in [0.25, 0.3) is 0 Å². The number of carbonyl (C=O) groups is 1. The van der Waals surface area contributed by atoms with Crippen LogP contribution in [0.2, 0.25) is 0 Å². The van der Waals surface area contributed by atoms with E-state index >= 15 is 0 Å². The van der Waals surface area contributed by atoms with Crippen LogP contribution in [-0.4, -0.2) is 17.7 Å². The van der Waals surface area contributed by atoms with E-state index in [1.165, 1.54) is 0 Å². The molecule has 1 aromatic carbocycles. The maximum Gasteiger partial charge on any atom is 0.339 e. The third-order valence-corrected chi connectivity index (χ3v) is 1.72. The van der Waals surface area contributed by atoms with Crippen LogP contribution in [0.5, 0.6) is 5.75 Å². The Morgan fingerprint density at radius 2 is 2.27 bits per heavy atom. The molecular formula is C12H16O3. The number of rotatable bonds is 4. The molecule has 0 saturated carbocycles. The lowest BCUT2D eigenvalue weighted by molar-refractivity contribution is 0.0692. The minimum atomic E-state index is -0.979. The molecule has 0 heterocycles. The smallest absolute Gasteiger partial charge is 0.339 e. The maximum absolute atomic E-state index is 10.8. The summed E-state index contributed by atoms with van der Waals surface area (Å²) in [6.45, 7) is 5.64. The van der Waals surface area contributed by atoms with E-state index < -0.39 is 5.97 Å². The molecule has 0 amide bonds. The summed E-state index contributed by atoms with van der Waals surface area (Å²) in [7, 11) is 0. The first-order valence-corrected chi connectivity index (χ1v) is 4.23. The van der Waals surface area contributed by atoms with Gasteiger partial charge in [0.2, 0.25) is 0 Å². The molecule has 82 valence electrons. The molecular weight excluding hydrogens is 192 g/mol. The van der Waals surface area contributed by atoms with Crippen molar-refractivity contribution in [1.29, 1.82) is 0 Å². The first-order valence-electron chi connectivity index (χ1n) is 4.23. The van der Waals surface area contributed by atoms with Crippen LogP contribution in [0.3, 0.4) is 0 Å². The average Bonchev–Trinajstić information content (AvgIpc) is 2.15. The van der Waals surface area contributed by atoms with Gasteiger partial charge in [0.1, 0.15) is 17.9 Å². The second-order valence-electron chi connectivity index (χ2n) is 2.90. The van der Waals surface area contributed by atoms with E-state index in [4.69, 9.17) is 9.84 Å². The number of carboxylic acids is 1. The Morgan fingerprint density at radius 3 is 2.80 bits per heavy atom. The van der Waals surface area contributed by atoms with Crippen LogP contribution in [0.1, 0.15) is 23.3 Å². The highest BCUT2D eigenvalue weighted by Gasteiger charge is 2.10. The summed E-state index contributed by atoms with van der Waals surface area (Å²) in [4.78, 5) is 10.8. The number of benzene rings is 1. The summed E-state index contributed by atoms with van der Waals surface area (Å²) in [6.07, 6.45) is 1.57. The molecule has 0 radical (unpaired) electrons. The van der Waals surface area contributed by atoms with Crippen LogP contribution in [0.25, 0.3) is 0 Å². The van der Waals surface area contributed by atoms with E-state index in [9.17, 15) is 4.79 Å². The summed E-state index contributed by atoms with van der Waals surface area (Å²) in [5.41, 5.74) is 1.08. The van der Waals surface area contributed by atoms with Crippen LogP contribution >= 0.6 is 0 Å². The predicted octanol–water partition coefficient (Wildman–Crippen LogP) is 2.89. The zero-order valence-electron chi connectivity index (χ0n) is 7.99. The van der Waals surface area contributed by atoms with Gasteiger partial charge in [-0.15, -0.1) is 0 Å². The lowest BCUT2D eigenvalue weighted by Crippen LogP contribution is -2.03. The van der Waals surface area contributed by atoms with E-state index in [0.717, 1.165) is 5.56 Å². The topological polar surface area (TPSA) is 46.5 Å². The van der Waals surface area contributed by atoms with Crippen molar-refractivity contribution in [2.75, 3.05) is 6.61 Å². The minimum Gasteiger partial charge on any atom is -0.489 e. The van der Waals surface area contributed by atoms with Gasteiger partial charge in [0, 0.05) is 0 Å². The fourth-order valence-electron chi connectivity index (χ4n) is 1.09. The average molecular weight is 208 g/mol. The number of hydrogen-bond acceptors (Lipinski definition) is 2. The van der Waals surface area contributed by atoms with Crippen molar-refractivity contribution in [3.63, 3.8) is 0 Å². The fraction of sp³-hybridized carbons (Fsp3) is 0.250. The minimum absolute atomic E-state index is 0. The Bertz CT molecular complexity index is 356. The van der Waals surface area contributed by atoms with E-state index in [1.54, 1.807) is 18.2 Å². The number of aromatic carboxylic acids is 1. The first-order chi connectivity index (χ1) is 6.65. The third kappa shape index (κ3) is 3.46. The van der Waals surface area contributed by atoms with E-state index in [-0.39, 0.29) is 13.0 Å². The van der Waals surface area contributed by atoms with E-state index in [1.807, 2.05) is 13.0 Å². The zero-order valence-corrected chi connectivity index (χ0v) is 7.99. The van der Waals surface area contributed by atoms with Gasteiger partial charge >= 0.3 is 5.97 Å². The van der Waals surface area contributed by atoms with E-state index in [2.05, 4.69) is 6.58 Å². The summed E-state index contributed by atoms with van der Waals surface area (Å²) < 4.78 is 5.20. The molecule has 0 aliphatic heterocycles. The highest BCUT2D eigenvalue weighted by molar-refractivity contribution is 5.91. The van der Waals surface area contributed by atoms with Crippen molar-refractivity contribution in [1.82, 2.24) is 0 Å². The molecule has 0 unspecified atom stereocenters.